The van der Waals surface area contributed by atoms with Crippen LogP contribution in [0.2, 0.25) is 0 Å². The molecule has 270 valence electrons. The molecule has 2 rings (SSSR count). The van der Waals surface area contributed by atoms with E-state index in [-0.39, 0.29) is 18.8 Å². The quantitative estimate of drug-likeness (QED) is 0.154. The predicted octanol–water partition coefficient (Wildman–Crippen LogP) is 2.48. The maximum Gasteiger partial charge on any atom is 0.389 e. The molecule has 2 fully saturated rings. The van der Waals surface area contributed by atoms with Gasteiger partial charge in [-0.05, 0) is 33.8 Å². The number of nitrogens with one attached hydrogen (secondary N) is 4. The Morgan fingerprint density at radius 3 is 2.04 bits per heavy atom. The van der Waals surface area contributed by atoms with E-state index in [2.05, 4.69) is 21.3 Å². The highest BCUT2D eigenvalue weighted by Gasteiger charge is 2.48. The van der Waals surface area contributed by atoms with Crippen LogP contribution in [0.25, 0.3) is 0 Å². The lowest BCUT2D eigenvalue weighted by Crippen LogP contribution is -2.62. The van der Waals surface area contributed by atoms with Gasteiger partial charge in [0.05, 0.1) is 25.2 Å². The Hall–Kier alpha value is -2.79. The van der Waals surface area contributed by atoms with Gasteiger partial charge in [0.25, 0.3) is 16.3 Å². The highest BCUT2D eigenvalue weighted by molar-refractivity contribution is 7.95. The summed E-state index contributed by atoms with van der Waals surface area (Å²) in [5.74, 6) is -4.12. The van der Waals surface area contributed by atoms with Crippen LogP contribution >= 0.6 is 0 Å². The van der Waals surface area contributed by atoms with Crippen molar-refractivity contribution < 1.29 is 45.9 Å². The lowest BCUT2D eigenvalue weighted by Gasteiger charge is -2.38. The summed E-state index contributed by atoms with van der Waals surface area (Å²) < 4.78 is 63.4. The molecule has 5 amide bonds. The van der Waals surface area contributed by atoms with Gasteiger partial charge in [-0.15, -0.1) is 0 Å². The van der Waals surface area contributed by atoms with Crippen LogP contribution < -0.4 is 21.3 Å². The van der Waals surface area contributed by atoms with Crippen LogP contribution in [0.5, 0.6) is 0 Å². The van der Waals surface area contributed by atoms with Gasteiger partial charge >= 0.3 is 12.2 Å². The molecule has 17 heteroatoms. The van der Waals surface area contributed by atoms with Crippen LogP contribution in [0, 0.1) is 16.7 Å². The van der Waals surface area contributed by atoms with Crippen LogP contribution in [-0.4, -0.2) is 106 Å². The number of nitrogens with zero attached hydrogens (tertiary/aromatic N) is 2. The molecule has 2 aliphatic rings. The summed E-state index contributed by atoms with van der Waals surface area (Å²) in [4.78, 5) is 67.1. The molecule has 0 spiro atoms. The van der Waals surface area contributed by atoms with Crippen molar-refractivity contribution in [3.8, 4) is 0 Å². The summed E-state index contributed by atoms with van der Waals surface area (Å²) in [6.07, 6.45) is -5.54. The highest BCUT2D eigenvalue weighted by atomic mass is 32.3. The van der Waals surface area contributed by atoms with E-state index in [0.29, 0.717) is 25.8 Å². The number of halogens is 3. The minimum absolute atomic E-state index is 0.108. The normalized spacial score (nSPS) is 24.3. The van der Waals surface area contributed by atoms with E-state index in [1.807, 2.05) is 20.8 Å². The summed E-state index contributed by atoms with van der Waals surface area (Å²) in [6.45, 7) is 13.2. The van der Waals surface area contributed by atoms with Gasteiger partial charge in [-0.1, -0.05) is 59.2 Å². The van der Waals surface area contributed by atoms with Gasteiger partial charge in [-0.3, -0.25) is 19.2 Å². The Morgan fingerprint density at radius 2 is 1.57 bits per heavy atom. The first-order valence-corrected chi connectivity index (χ1v) is 17.6. The molecule has 0 saturated carbocycles. The first-order chi connectivity index (χ1) is 21.4. The van der Waals surface area contributed by atoms with Crippen molar-refractivity contribution in [2.24, 2.45) is 16.7 Å². The summed E-state index contributed by atoms with van der Waals surface area (Å²) in [7, 11) is -2.05. The molecule has 6 atom stereocenters. The van der Waals surface area contributed by atoms with E-state index in [1.54, 1.807) is 27.7 Å². The molecule has 2 aliphatic heterocycles. The second-order valence-corrected chi connectivity index (χ2v) is 16.6. The monoisotopic (exact) mass is 697 g/mol. The molecule has 0 aromatic carbocycles. The molecule has 5 N–H and O–H groups in total. The molecule has 2 saturated heterocycles. The fraction of sp³-hybridized carbons (Fsp3) is 0.833. The van der Waals surface area contributed by atoms with E-state index in [9.17, 15) is 45.9 Å². The summed E-state index contributed by atoms with van der Waals surface area (Å²) >= 11 is 0. The Kier molecular flexibility index (Phi) is 13.4. The minimum Gasteiger partial charge on any atom is -0.353 e. The number of rotatable bonds is 12. The second kappa shape index (κ2) is 15.6. The van der Waals surface area contributed by atoms with Gasteiger partial charge in [0, 0.05) is 26.4 Å². The summed E-state index contributed by atoms with van der Waals surface area (Å²) in [6, 6.07) is -5.36. The van der Waals surface area contributed by atoms with Crippen molar-refractivity contribution in [1.82, 2.24) is 30.5 Å². The van der Waals surface area contributed by atoms with Crippen LogP contribution in [0.3, 0.4) is 0 Å². The van der Waals surface area contributed by atoms with Gasteiger partial charge in [0.2, 0.25) is 17.6 Å². The van der Waals surface area contributed by atoms with Gasteiger partial charge < -0.3 is 26.2 Å². The molecule has 0 aromatic heterocycles. The van der Waals surface area contributed by atoms with Gasteiger partial charge in [0.1, 0.15) is 12.1 Å². The molecule has 47 heavy (non-hydrogen) atoms. The average Bonchev–Trinajstić information content (AvgIpc) is 3.53. The van der Waals surface area contributed by atoms with E-state index in [4.69, 9.17) is 0 Å². The molecular weight excluding hydrogens is 645 g/mol. The van der Waals surface area contributed by atoms with Crippen molar-refractivity contribution in [2.45, 2.75) is 111 Å². The number of hydrogen-bond donors (Lipinski definition) is 5. The molecule has 2 unspecified atom stereocenters. The van der Waals surface area contributed by atoms with Crippen molar-refractivity contribution in [3.63, 3.8) is 0 Å². The van der Waals surface area contributed by atoms with Crippen molar-refractivity contribution in [3.05, 3.63) is 0 Å². The largest absolute Gasteiger partial charge is 0.389 e. The van der Waals surface area contributed by atoms with E-state index >= 15 is 0 Å². The Morgan fingerprint density at radius 1 is 0.957 bits per heavy atom. The first-order valence-electron chi connectivity index (χ1n) is 15.9. The van der Waals surface area contributed by atoms with E-state index in [1.165, 1.54) is 9.21 Å². The highest BCUT2D eigenvalue weighted by Crippen LogP contribution is 2.32. The van der Waals surface area contributed by atoms with Crippen molar-refractivity contribution >= 4 is 39.9 Å². The summed E-state index contributed by atoms with van der Waals surface area (Å²) in [5.41, 5.74) is -1.40. The maximum atomic E-state index is 14.1. The lowest BCUT2D eigenvalue weighted by molar-refractivity contribution is -0.147. The average molecular weight is 698 g/mol. The van der Waals surface area contributed by atoms with Gasteiger partial charge in [-0.2, -0.15) is 17.7 Å². The fourth-order valence-corrected chi connectivity index (χ4v) is 7.36. The third-order valence-electron chi connectivity index (χ3n) is 8.75. The number of carbonyl (C=O) groups excluding carboxylic acids is 5. The molecule has 13 nitrogen and oxygen atoms in total. The SMILES string of the molecule is CC[C@H]1CCN(C(=O)[C@@H](NC(=O)N[C@H](CN2CCC[S+]2(=O)O)C(C)(C)C)C(C)(C)C)[C@@H]1C(=O)NC(CCC(F)(F)F)C(=O)C(=O)NC. The number of Topliss-reactive ketones (excluding diaryl/α,β-unsaturated/α-hetero) is 1. The standard InChI is InChI=1S/C30H51F3N6O7S/c1-9-18-12-15-39(21(18)24(41)35-19(11-13-30(31,32)33)22(40)25(42)34-8)26(43)23(29(5,6)7)37-27(44)36-20(28(2,3)4)17-38-14-10-16-47(38,45)46/h18-21,23H,9-17H2,1-8H3,(H4-,34,35,36,37,41,42,44,45,46)/p+1/t18-,19?,20+,21-,23+/m0/s1. The molecule has 0 aliphatic carbocycles. The predicted molar refractivity (Wildman–Crippen MR) is 170 cm³/mol. The number of carbonyl (C=O) groups is 5. The molecule has 0 bridgehead atoms. The minimum atomic E-state index is -4.64. The molecular formula is C30H52F3N6O7S+. The summed E-state index contributed by atoms with van der Waals surface area (Å²) in [5, 5.41) is 9.97. The number of amides is 5. The zero-order valence-corrected chi connectivity index (χ0v) is 29.4. The Labute approximate surface area is 276 Å². The zero-order chi connectivity index (χ0) is 36.1. The fourth-order valence-electron chi connectivity index (χ4n) is 5.80. The molecule has 0 aromatic rings. The number of likely N-dealkylation sites (N-methyl/N-ethyl adjacent to an activating group) is 1. The third kappa shape index (κ3) is 11.1. The number of alkyl halides is 3. The molecule has 2 heterocycles. The number of urea groups is 1. The Bertz CT molecular complexity index is 1220. The number of ketones is 1. The maximum absolute atomic E-state index is 14.1. The smallest absolute Gasteiger partial charge is 0.353 e. The van der Waals surface area contributed by atoms with E-state index in [0.717, 1.165) is 7.05 Å². The molecule has 0 radical (unpaired) electrons. The number of likely N-dealkylation sites (tertiary alicyclic amines) is 1. The van der Waals surface area contributed by atoms with Gasteiger partial charge in [-0.25, -0.2) is 4.79 Å². The van der Waals surface area contributed by atoms with Crippen LogP contribution in [0.15, 0.2) is 0 Å². The zero-order valence-electron chi connectivity index (χ0n) is 28.6. The third-order valence-corrected chi connectivity index (χ3v) is 10.7. The van der Waals surface area contributed by atoms with Crippen LogP contribution in [0.4, 0.5) is 18.0 Å². The van der Waals surface area contributed by atoms with Crippen LogP contribution in [-0.2, 0) is 33.8 Å². The first kappa shape index (κ1) is 40.4. The van der Waals surface area contributed by atoms with Crippen molar-refractivity contribution in [2.75, 3.05) is 32.4 Å². The second-order valence-electron chi connectivity index (χ2n) is 14.5. The number of hydrogen-bond acceptors (Lipinski definition) is 6. The van der Waals surface area contributed by atoms with E-state index < -0.39 is 99.9 Å². The topological polar surface area (TPSA) is 177 Å². The van der Waals surface area contributed by atoms with Crippen molar-refractivity contribution in [1.29, 1.82) is 0 Å². The van der Waals surface area contributed by atoms with Crippen LogP contribution in [0.1, 0.15) is 80.6 Å². The van der Waals surface area contributed by atoms with Gasteiger partial charge in [0.15, 0.2) is 5.75 Å². The lowest BCUT2D eigenvalue weighted by atomic mass is 9.85. The Balaban J connectivity index is 2.31.